The normalized spacial score (nSPS) is 12.5. The van der Waals surface area contributed by atoms with Gasteiger partial charge in [0.05, 0.1) is 23.2 Å². The van der Waals surface area contributed by atoms with E-state index in [9.17, 15) is 4.79 Å². The molecule has 0 amide bonds. The number of hydrogen-bond donors (Lipinski definition) is 1. The van der Waals surface area contributed by atoms with Gasteiger partial charge in [-0.05, 0) is 27.2 Å². The molecule has 0 aliphatic rings. The van der Waals surface area contributed by atoms with Gasteiger partial charge in [-0.1, -0.05) is 6.92 Å². The van der Waals surface area contributed by atoms with Gasteiger partial charge in [0.2, 0.25) is 0 Å². The monoisotopic (exact) mass is 225 g/mol. The van der Waals surface area contributed by atoms with Gasteiger partial charge < -0.3 is 10.5 Å². The summed E-state index contributed by atoms with van der Waals surface area (Å²) in [5, 5.41) is 4.17. The maximum Gasteiger partial charge on any atom is 0.328 e. The molecule has 90 valence electrons. The third kappa shape index (κ3) is 2.74. The molecule has 0 fully saturated rings. The second kappa shape index (κ2) is 5.01. The van der Waals surface area contributed by atoms with E-state index >= 15 is 0 Å². The molecule has 0 saturated carbocycles. The van der Waals surface area contributed by atoms with Crippen LogP contribution in [-0.4, -0.2) is 21.9 Å². The fraction of sp³-hybridized carbons (Fsp3) is 0.636. The summed E-state index contributed by atoms with van der Waals surface area (Å²) in [6, 6.07) is 0. The number of nitrogens with zero attached hydrogens (tertiary/aromatic N) is 2. The molecule has 5 nitrogen and oxygen atoms in total. The van der Waals surface area contributed by atoms with Crippen molar-refractivity contribution in [1.82, 2.24) is 9.78 Å². The number of aromatic nitrogens is 2. The zero-order chi connectivity index (χ0) is 12.3. The Morgan fingerprint density at radius 3 is 2.62 bits per heavy atom. The van der Waals surface area contributed by atoms with Crippen LogP contribution in [0.4, 0.5) is 5.69 Å². The lowest BCUT2D eigenvalue weighted by atomic mass is 10.3. The summed E-state index contributed by atoms with van der Waals surface area (Å²) in [5.41, 5.74) is 7.95. The van der Waals surface area contributed by atoms with E-state index in [1.165, 1.54) is 0 Å². The number of hydrogen-bond acceptors (Lipinski definition) is 4. The Labute approximate surface area is 95.6 Å². The smallest absolute Gasteiger partial charge is 0.328 e. The summed E-state index contributed by atoms with van der Waals surface area (Å²) < 4.78 is 6.75. The van der Waals surface area contributed by atoms with Crippen molar-refractivity contribution in [1.29, 1.82) is 0 Å². The number of carbonyl (C=O) groups excluding carboxylic acids is 1. The number of carbonyl (C=O) groups is 1. The van der Waals surface area contributed by atoms with Crippen molar-refractivity contribution >= 4 is 11.7 Å². The molecule has 0 aromatic carbocycles. The van der Waals surface area contributed by atoms with E-state index in [1.807, 2.05) is 27.7 Å². The SMILES string of the molecule is CCC(C)OC(=O)Cn1nc(C)c(N)c1C. The van der Waals surface area contributed by atoms with Crippen LogP contribution < -0.4 is 5.73 Å². The minimum atomic E-state index is -0.278. The van der Waals surface area contributed by atoms with Gasteiger partial charge in [-0.15, -0.1) is 0 Å². The average Bonchev–Trinajstić information content (AvgIpc) is 2.46. The molecule has 5 heteroatoms. The molecule has 0 saturated heterocycles. The zero-order valence-corrected chi connectivity index (χ0v) is 10.3. The topological polar surface area (TPSA) is 70.1 Å². The lowest BCUT2D eigenvalue weighted by Crippen LogP contribution is -2.20. The van der Waals surface area contributed by atoms with Crippen LogP contribution in [0, 0.1) is 13.8 Å². The molecule has 0 aliphatic heterocycles. The quantitative estimate of drug-likeness (QED) is 0.787. The predicted molar refractivity (Wildman–Crippen MR) is 62.0 cm³/mol. The first-order valence-electron chi connectivity index (χ1n) is 5.44. The predicted octanol–water partition coefficient (Wildman–Crippen LogP) is 1.42. The number of aryl methyl sites for hydroxylation is 1. The number of nitrogen functional groups attached to an aromatic ring is 1. The third-order valence-electron chi connectivity index (χ3n) is 2.62. The Hall–Kier alpha value is -1.52. The van der Waals surface area contributed by atoms with E-state index in [1.54, 1.807) is 4.68 Å². The van der Waals surface area contributed by atoms with E-state index in [0.29, 0.717) is 5.69 Å². The molecule has 16 heavy (non-hydrogen) atoms. The van der Waals surface area contributed by atoms with E-state index in [-0.39, 0.29) is 18.6 Å². The van der Waals surface area contributed by atoms with Crippen molar-refractivity contribution in [2.24, 2.45) is 0 Å². The summed E-state index contributed by atoms with van der Waals surface area (Å²) in [5.74, 6) is -0.278. The van der Waals surface area contributed by atoms with Gasteiger partial charge in [-0.3, -0.25) is 9.48 Å². The summed E-state index contributed by atoms with van der Waals surface area (Å²) in [7, 11) is 0. The fourth-order valence-corrected chi connectivity index (χ4v) is 1.33. The highest BCUT2D eigenvalue weighted by Gasteiger charge is 2.13. The molecular weight excluding hydrogens is 206 g/mol. The summed E-state index contributed by atoms with van der Waals surface area (Å²) in [6.07, 6.45) is 0.757. The van der Waals surface area contributed by atoms with Crippen LogP contribution in [-0.2, 0) is 16.1 Å². The highest BCUT2D eigenvalue weighted by molar-refractivity contribution is 5.69. The Morgan fingerprint density at radius 2 is 2.19 bits per heavy atom. The van der Waals surface area contributed by atoms with Gasteiger partial charge >= 0.3 is 5.97 Å². The molecule has 1 unspecified atom stereocenters. The van der Waals surface area contributed by atoms with Gasteiger partial charge in [0, 0.05) is 0 Å². The third-order valence-corrected chi connectivity index (χ3v) is 2.62. The number of anilines is 1. The van der Waals surface area contributed by atoms with E-state index in [0.717, 1.165) is 17.8 Å². The second-order valence-electron chi connectivity index (χ2n) is 3.95. The van der Waals surface area contributed by atoms with Crippen molar-refractivity contribution in [2.45, 2.75) is 46.8 Å². The molecule has 0 spiro atoms. The van der Waals surface area contributed by atoms with Crippen LogP contribution in [0.2, 0.25) is 0 Å². The molecule has 1 aromatic rings. The van der Waals surface area contributed by atoms with Crippen molar-refractivity contribution in [3.63, 3.8) is 0 Å². The zero-order valence-electron chi connectivity index (χ0n) is 10.3. The maximum atomic E-state index is 11.5. The Kier molecular flexibility index (Phi) is 3.93. The molecular formula is C11H19N3O2. The van der Waals surface area contributed by atoms with Gasteiger partial charge in [0.25, 0.3) is 0 Å². The van der Waals surface area contributed by atoms with Crippen LogP contribution >= 0.6 is 0 Å². The van der Waals surface area contributed by atoms with Gasteiger partial charge in [-0.2, -0.15) is 5.10 Å². The lowest BCUT2D eigenvalue weighted by molar-refractivity contribution is -0.149. The van der Waals surface area contributed by atoms with Crippen molar-refractivity contribution in [2.75, 3.05) is 5.73 Å². The molecule has 1 rings (SSSR count). The van der Waals surface area contributed by atoms with Crippen molar-refractivity contribution in [3.05, 3.63) is 11.4 Å². The average molecular weight is 225 g/mol. The second-order valence-corrected chi connectivity index (χ2v) is 3.95. The fourth-order valence-electron chi connectivity index (χ4n) is 1.33. The first-order chi connectivity index (χ1) is 7.45. The van der Waals surface area contributed by atoms with Crippen molar-refractivity contribution < 1.29 is 9.53 Å². The summed E-state index contributed by atoms with van der Waals surface area (Å²) >= 11 is 0. The standard InChI is InChI=1S/C11H19N3O2/c1-5-7(2)16-10(15)6-14-9(4)11(12)8(3)13-14/h7H,5-6,12H2,1-4H3. The minimum absolute atomic E-state index is 0.0539. The molecule has 0 radical (unpaired) electrons. The summed E-state index contributed by atoms with van der Waals surface area (Å²) in [6.45, 7) is 7.62. The van der Waals surface area contributed by atoms with Gasteiger partial charge in [0.1, 0.15) is 6.54 Å². The highest BCUT2D eigenvalue weighted by atomic mass is 16.5. The number of nitrogens with two attached hydrogens (primary N) is 1. The molecule has 0 aliphatic carbocycles. The van der Waals surface area contributed by atoms with Crippen LogP contribution in [0.25, 0.3) is 0 Å². The van der Waals surface area contributed by atoms with Gasteiger partial charge in [-0.25, -0.2) is 0 Å². The van der Waals surface area contributed by atoms with E-state index < -0.39 is 0 Å². The van der Waals surface area contributed by atoms with Crippen LogP contribution in [0.3, 0.4) is 0 Å². The maximum absolute atomic E-state index is 11.5. The highest BCUT2D eigenvalue weighted by Crippen LogP contribution is 2.14. The molecule has 1 heterocycles. The van der Waals surface area contributed by atoms with Crippen molar-refractivity contribution in [3.8, 4) is 0 Å². The van der Waals surface area contributed by atoms with Crippen LogP contribution in [0.5, 0.6) is 0 Å². The first kappa shape index (κ1) is 12.5. The molecule has 1 aromatic heterocycles. The lowest BCUT2D eigenvalue weighted by Gasteiger charge is -2.11. The Bertz CT molecular complexity index is 385. The first-order valence-corrected chi connectivity index (χ1v) is 5.44. The number of esters is 1. The van der Waals surface area contributed by atoms with Crippen LogP contribution in [0.15, 0.2) is 0 Å². The molecule has 0 bridgehead atoms. The minimum Gasteiger partial charge on any atom is -0.461 e. The van der Waals surface area contributed by atoms with Gasteiger partial charge in [0.15, 0.2) is 0 Å². The largest absolute Gasteiger partial charge is 0.461 e. The van der Waals surface area contributed by atoms with Crippen LogP contribution in [0.1, 0.15) is 31.7 Å². The van der Waals surface area contributed by atoms with E-state index in [4.69, 9.17) is 10.5 Å². The molecule has 2 N–H and O–H groups in total. The summed E-state index contributed by atoms with van der Waals surface area (Å²) in [4.78, 5) is 11.5. The number of ether oxygens (including phenoxy) is 1. The Morgan fingerprint density at radius 1 is 1.56 bits per heavy atom. The van der Waals surface area contributed by atoms with E-state index in [2.05, 4.69) is 5.10 Å². The Balaban J connectivity index is 2.66. The molecule has 1 atom stereocenters. The number of rotatable bonds is 4.